The average molecular weight is 446 g/mol. The molecule has 0 bridgehead atoms. The lowest BCUT2D eigenvalue weighted by Crippen LogP contribution is -2.42. The Hall–Kier alpha value is -4.20. The number of carbonyl (C=O) groups is 2. The Balaban J connectivity index is 1.44. The third-order valence-electron chi connectivity index (χ3n) is 5.84. The summed E-state index contributed by atoms with van der Waals surface area (Å²) in [7, 11) is 0. The van der Waals surface area contributed by atoms with Crippen LogP contribution in [0.4, 0.5) is 10.5 Å². The number of alkyl carbamates (subject to hydrolysis) is 1. The maximum atomic E-state index is 12.5. The molecule has 8 nitrogen and oxygen atoms in total. The van der Waals surface area contributed by atoms with Crippen molar-refractivity contribution >= 4 is 17.7 Å². The molecule has 2 N–H and O–H groups in total. The number of carboxylic acids is 1. The number of nitrogens with zero attached hydrogens (tertiary/aromatic N) is 1. The third kappa shape index (κ3) is 4.55. The van der Waals surface area contributed by atoms with E-state index in [0.717, 1.165) is 22.3 Å². The molecule has 33 heavy (non-hydrogen) atoms. The molecule has 3 aromatic rings. The van der Waals surface area contributed by atoms with Crippen molar-refractivity contribution in [2.75, 3.05) is 6.61 Å². The molecular formula is C25H22N2O6. The van der Waals surface area contributed by atoms with Crippen molar-refractivity contribution in [3.63, 3.8) is 0 Å². The summed E-state index contributed by atoms with van der Waals surface area (Å²) in [5.41, 5.74) is 5.08. The van der Waals surface area contributed by atoms with Crippen molar-refractivity contribution in [3.8, 4) is 11.1 Å². The predicted molar refractivity (Wildman–Crippen MR) is 121 cm³/mol. The zero-order chi connectivity index (χ0) is 23.5. The fourth-order valence-electron chi connectivity index (χ4n) is 4.20. The fourth-order valence-corrected chi connectivity index (χ4v) is 4.20. The Morgan fingerprint density at radius 1 is 1.06 bits per heavy atom. The molecule has 0 aromatic heterocycles. The molecule has 0 saturated heterocycles. The standard InChI is InChI=1S/C25H22N2O6/c1-15-10-11-16(13-23(15)27(31)32)12-22(24(28)29)26-25(30)33-14-21-19-8-4-2-6-17(19)18-7-3-5-9-20(18)21/h2-11,13,21-22H,12,14H2,1H3,(H,26,30)(H,28,29). The lowest BCUT2D eigenvalue weighted by atomic mass is 9.98. The van der Waals surface area contributed by atoms with Gasteiger partial charge < -0.3 is 15.2 Å². The highest BCUT2D eigenvalue weighted by atomic mass is 16.6. The molecule has 0 fully saturated rings. The van der Waals surface area contributed by atoms with Crippen molar-refractivity contribution in [1.82, 2.24) is 5.32 Å². The van der Waals surface area contributed by atoms with E-state index in [0.29, 0.717) is 11.1 Å². The largest absolute Gasteiger partial charge is 0.480 e. The summed E-state index contributed by atoms with van der Waals surface area (Å²) in [6, 6.07) is 19.0. The molecule has 1 unspecified atom stereocenters. The first-order valence-corrected chi connectivity index (χ1v) is 10.4. The van der Waals surface area contributed by atoms with Crippen LogP contribution in [-0.2, 0) is 16.0 Å². The molecule has 0 spiro atoms. The highest BCUT2D eigenvalue weighted by Crippen LogP contribution is 2.44. The first-order valence-electron chi connectivity index (χ1n) is 10.4. The molecule has 1 atom stereocenters. The van der Waals surface area contributed by atoms with Gasteiger partial charge in [0, 0.05) is 24.0 Å². The summed E-state index contributed by atoms with van der Waals surface area (Å²) in [5.74, 6) is -1.40. The van der Waals surface area contributed by atoms with Crippen molar-refractivity contribution in [2.24, 2.45) is 0 Å². The SMILES string of the molecule is Cc1ccc(CC(NC(=O)OCC2c3ccccc3-c3ccccc32)C(=O)O)cc1[N+](=O)[O-]. The molecule has 3 aromatic carbocycles. The molecule has 1 aliphatic rings. The Morgan fingerprint density at radius 3 is 2.24 bits per heavy atom. The monoisotopic (exact) mass is 446 g/mol. The highest BCUT2D eigenvalue weighted by molar-refractivity contribution is 5.81. The molecule has 0 aliphatic heterocycles. The first kappa shape index (κ1) is 22.0. The number of hydrogen-bond acceptors (Lipinski definition) is 5. The number of carbonyl (C=O) groups excluding carboxylic acids is 1. The van der Waals surface area contributed by atoms with Gasteiger partial charge in [0.05, 0.1) is 4.92 Å². The molecule has 0 heterocycles. The van der Waals surface area contributed by atoms with Gasteiger partial charge in [0.15, 0.2) is 0 Å². The first-order chi connectivity index (χ1) is 15.8. The number of aliphatic carboxylic acids is 1. The topological polar surface area (TPSA) is 119 Å². The zero-order valence-electron chi connectivity index (χ0n) is 17.9. The number of amides is 1. The molecule has 0 saturated carbocycles. The van der Waals surface area contributed by atoms with Crippen LogP contribution in [0, 0.1) is 17.0 Å². The number of aryl methyl sites for hydroxylation is 1. The lowest BCUT2D eigenvalue weighted by Gasteiger charge is -2.17. The van der Waals surface area contributed by atoms with Crippen LogP contribution >= 0.6 is 0 Å². The molecule has 8 heteroatoms. The van der Waals surface area contributed by atoms with Crippen LogP contribution in [0.25, 0.3) is 11.1 Å². The zero-order valence-corrected chi connectivity index (χ0v) is 17.9. The van der Waals surface area contributed by atoms with Crippen LogP contribution in [0.3, 0.4) is 0 Å². The third-order valence-corrected chi connectivity index (χ3v) is 5.84. The minimum atomic E-state index is -1.29. The normalized spacial score (nSPS) is 13.0. The van der Waals surface area contributed by atoms with Crippen LogP contribution in [-0.4, -0.2) is 34.7 Å². The van der Waals surface area contributed by atoms with Gasteiger partial charge in [0.1, 0.15) is 12.6 Å². The molecule has 168 valence electrons. The molecule has 1 aliphatic carbocycles. The van der Waals surface area contributed by atoms with Crippen LogP contribution in [0.5, 0.6) is 0 Å². The van der Waals surface area contributed by atoms with E-state index in [4.69, 9.17) is 4.74 Å². The number of nitro groups is 1. The maximum absolute atomic E-state index is 12.5. The summed E-state index contributed by atoms with van der Waals surface area (Å²) in [5, 5.41) is 23.1. The number of fused-ring (bicyclic) bond motifs is 3. The van der Waals surface area contributed by atoms with E-state index in [2.05, 4.69) is 5.32 Å². The number of benzene rings is 3. The number of hydrogen-bond donors (Lipinski definition) is 2. The number of nitro benzene ring substituents is 1. The number of nitrogens with one attached hydrogen (secondary N) is 1. The highest BCUT2D eigenvalue weighted by Gasteiger charge is 2.30. The average Bonchev–Trinajstić information content (AvgIpc) is 3.12. The lowest BCUT2D eigenvalue weighted by molar-refractivity contribution is -0.385. The van der Waals surface area contributed by atoms with Gasteiger partial charge in [-0.15, -0.1) is 0 Å². The predicted octanol–water partition coefficient (Wildman–Crippen LogP) is 4.44. The van der Waals surface area contributed by atoms with Crippen molar-refractivity contribution in [2.45, 2.75) is 25.3 Å². The van der Waals surface area contributed by atoms with Crippen molar-refractivity contribution < 1.29 is 24.4 Å². The van der Waals surface area contributed by atoms with E-state index in [1.165, 1.54) is 6.07 Å². The molecule has 4 rings (SSSR count). The van der Waals surface area contributed by atoms with Gasteiger partial charge in [-0.05, 0) is 34.7 Å². The molecular weight excluding hydrogens is 424 g/mol. The van der Waals surface area contributed by atoms with Crippen molar-refractivity contribution in [3.05, 3.63) is 99.1 Å². The Labute approximate surface area is 190 Å². The van der Waals surface area contributed by atoms with Gasteiger partial charge in [-0.2, -0.15) is 0 Å². The Kier molecular flexibility index (Phi) is 6.08. The fraction of sp³-hybridized carbons (Fsp3) is 0.200. The molecule has 0 radical (unpaired) electrons. The summed E-state index contributed by atoms with van der Waals surface area (Å²) in [6.45, 7) is 1.66. The van der Waals surface area contributed by atoms with E-state index >= 15 is 0 Å². The van der Waals surface area contributed by atoms with Crippen LogP contribution in [0.15, 0.2) is 66.7 Å². The van der Waals surface area contributed by atoms with Gasteiger partial charge in [-0.3, -0.25) is 10.1 Å². The van der Waals surface area contributed by atoms with Gasteiger partial charge in [-0.25, -0.2) is 9.59 Å². The second-order valence-electron chi connectivity index (χ2n) is 7.94. The minimum absolute atomic E-state index is 0.0577. The number of carboxylic acid groups (broad SMARTS) is 1. The van der Waals surface area contributed by atoms with Gasteiger partial charge in [-0.1, -0.05) is 60.7 Å². The Bertz CT molecular complexity index is 1190. The van der Waals surface area contributed by atoms with Crippen LogP contribution in [0.1, 0.15) is 28.2 Å². The van der Waals surface area contributed by atoms with E-state index in [9.17, 15) is 24.8 Å². The number of ether oxygens (including phenoxy) is 1. The number of rotatable bonds is 7. The summed E-state index contributed by atoms with van der Waals surface area (Å²) >= 11 is 0. The van der Waals surface area contributed by atoms with Crippen LogP contribution < -0.4 is 5.32 Å². The second-order valence-corrected chi connectivity index (χ2v) is 7.94. The minimum Gasteiger partial charge on any atom is -0.480 e. The Morgan fingerprint density at radius 2 is 1.67 bits per heavy atom. The van der Waals surface area contributed by atoms with Gasteiger partial charge in [0.25, 0.3) is 5.69 Å². The van der Waals surface area contributed by atoms with E-state index in [1.807, 2.05) is 48.5 Å². The van der Waals surface area contributed by atoms with Gasteiger partial charge >= 0.3 is 12.1 Å². The maximum Gasteiger partial charge on any atom is 0.407 e. The molecule has 1 amide bonds. The van der Waals surface area contributed by atoms with Crippen molar-refractivity contribution in [1.29, 1.82) is 0 Å². The van der Waals surface area contributed by atoms with Gasteiger partial charge in [0.2, 0.25) is 0 Å². The summed E-state index contributed by atoms with van der Waals surface area (Å²) in [6.07, 6.45) is -0.966. The van der Waals surface area contributed by atoms with E-state index in [1.54, 1.807) is 19.1 Å². The summed E-state index contributed by atoms with van der Waals surface area (Å²) < 4.78 is 5.42. The van der Waals surface area contributed by atoms with Crippen LogP contribution in [0.2, 0.25) is 0 Å². The smallest absolute Gasteiger partial charge is 0.407 e. The van der Waals surface area contributed by atoms with E-state index in [-0.39, 0.29) is 24.6 Å². The quantitative estimate of drug-likeness (QED) is 0.409. The summed E-state index contributed by atoms with van der Waals surface area (Å²) in [4.78, 5) is 34.8. The second kappa shape index (κ2) is 9.12. The van der Waals surface area contributed by atoms with E-state index < -0.39 is 23.0 Å².